The van der Waals surface area contributed by atoms with Crippen LogP contribution >= 0.6 is 15.9 Å². The fourth-order valence-corrected chi connectivity index (χ4v) is 4.45. The maximum Gasteiger partial charge on any atom is 0.426 e. The average Bonchev–Trinajstić information content (AvgIpc) is 3.11. The van der Waals surface area contributed by atoms with Gasteiger partial charge in [0.15, 0.2) is 0 Å². The van der Waals surface area contributed by atoms with E-state index in [2.05, 4.69) is 68.9 Å². The first-order chi connectivity index (χ1) is 25.8. The van der Waals surface area contributed by atoms with Gasteiger partial charge < -0.3 is 14.8 Å². The molecule has 0 aliphatic rings. The van der Waals surface area contributed by atoms with E-state index < -0.39 is 23.3 Å². The largest absolute Gasteiger partial charge is 0.459 e. The molecule has 4 aromatic carbocycles. The Kier molecular flexibility index (Phi) is 18.5. The van der Waals surface area contributed by atoms with Crippen LogP contribution in [0, 0.1) is 38.0 Å². The van der Waals surface area contributed by atoms with E-state index in [-0.39, 0.29) is 31.2 Å². The van der Waals surface area contributed by atoms with Gasteiger partial charge in [-0.3, -0.25) is 19.8 Å². The second-order valence-corrected chi connectivity index (χ2v) is 15.3. The molecule has 0 atom stereocenters. The molecule has 0 bridgehead atoms. The zero-order chi connectivity index (χ0) is 41.0. The van der Waals surface area contributed by atoms with Crippen LogP contribution in [0.25, 0.3) is 0 Å². The van der Waals surface area contributed by atoms with Crippen LogP contribution in [0.4, 0.5) is 4.79 Å². The lowest BCUT2D eigenvalue weighted by molar-refractivity contribution is -0.154. The molecule has 3 N–H and O–H groups in total. The zero-order valence-electron chi connectivity index (χ0n) is 32.8. The monoisotopic (exact) mass is 807 g/mol. The molecular formula is C45H50BrN3O6. The van der Waals surface area contributed by atoms with Crippen molar-refractivity contribution in [3.8, 4) is 24.2 Å². The quantitative estimate of drug-likeness (QED) is 0.103. The van der Waals surface area contributed by atoms with Crippen LogP contribution in [0.1, 0.15) is 80.5 Å². The lowest BCUT2D eigenvalue weighted by Gasteiger charge is -2.19. The van der Waals surface area contributed by atoms with Crippen molar-refractivity contribution in [3.63, 3.8) is 0 Å². The fraction of sp³-hybridized carbons (Fsp3) is 0.289. The smallest absolute Gasteiger partial charge is 0.426 e. The number of terminal acetylenes is 1. The van der Waals surface area contributed by atoms with Gasteiger partial charge in [0.25, 0.3) is 0 Å². The molecule has 0 aliphatic carbocycles. The molecule has 55 heavy (non-hydrogen) atoms. The molecule has 10 heteroatoms. The van der Waals surface area contributed by atoms with Crippen molar-refractivity contribution in [1.29, 1.82) is 0 Å². The molecule has 0 fully saturated rings. The number of rotatable bonds is 6. The summed E-state index contributed by atoms with van der Waals surface area (Å²) >= 11 is 3.35. The molecule has 0 radical (unpaired) electrons. The molecule has 0 aromatic heterocycles. The molecule has 3 amide bonds. The summed E-state index contributed by atoms with van der Waals surface area (Å²) in [6, 6.07) is 30.8. The molecule has 4 rings (SSSR count). The van der Waals surface area contributed by atoms with Crippen LogP contribution in [0.15, 0.2) is 102 Å². The summed E-state index contributed by atoms with van der Waals surface area (Å²) in [5.74, 6) is 7.70. The molecule has 0 spiro atoms. The summed E-state index contributed by atoms with van der Waals surface area (Å²) in [5, 5.41) is 2.53. The number of aryl methyl sites for hydroxylation is 2. The van der Waals surface area contributed by atoms with Gasteiger partial charge in [-0.05, 0) is 115 Å². The molecule has 0 saturated carbocycles. The standard InChI is InChI=1S/C22H24N2O3.C16H19NO3.C7H7Br/c1-16-5-7-17(8-6-16)9-10-18-11-13-19(14-12-18)15-20(25)23-24-21(26)27-22(2,3)4;1-5-12-6-8-13(9-7-12)10-14(18)17-11-15(19)20-16(2,3)4;1-6-2-4-7(8)5-3-6/h5-8,11-14H,15H2,1-4H3,(H,23,25)(H,24,26);1,6-9H,10-11H2,2-4H3,(H,17,18);2-5H,1H3. The van der Waals surface area contributed by atoms with Crippen molar-refractivity contribution in [2.45, 2.75) is 79.4 Å². The van der Waals surface area contributed by atoms with Gasteiger partial charge in [-0.1, -0.05) is 93.3 Å². The fourth-order valence-electron chi connectivity index (χ4n) is 4.19. The molecular weight excluding hydrogens is 758 g/mol. The van der Waals surface area contributed by atoms with Crippen LogP contribution in [0.2, 0.25) is 0 Å². The number of esters is 1. The normalized spacial score (nSPS) is 10.3. The van der Waals surface area contributed by atoms with Gasteiger partial charge in [-0.15, -0.1) is 6.42 Å². The summed E-state index contributed by atoms with van der Waals surface area (Å²) in [4.78, 5) is 46.5. The van der Waals surface area contributed by atoms with E-state index in [1.54, 1.807) is 65.8 Å². The van der Waals surface area contributed by atoms with E-state index >= 15 is 0 Å². The van der Waals surface area contributed by atoms with Crippen LogP contribution < -0.4 is 16.2 Å². The molecule has 0 saturated heterocycles. The second kappa shape index (κ2) is 22.4. The first kappa shape index (κ1) is 45.3. The number of carbonyl (C=O) groups excluding carboxylic acids is 4. The van der Waals surface area contributed by atoms with Gasteiger partial charge >= 0.3 is 12.1 Å². The Balaban J connectivity index is 0.000000325. The van der Waals surface area contributed by atoms with Crippen molar-refractivity contribution in [3.05, 3.63) is 140 Å². The Labute approximate surface area is 334 Å². The van der Waals surface area contributed by atoms with Gasteiger partial charge in [0.2, 0.25) is 11.8 Å². The third kappa shape index (κ3) is 21.5. The Morgan fingerprint density at radius 1 is 0.600 bits per heavy atom. The predicted octanol–water partition coefficient (Wildman–Crippen LogP) is 7.92. The van der Waals surface area contributed by atoms with Gasteiger partial charge in [-0.2, -0.15) is 0 Å². The van der Waals surface area contributed by atoms with E-state index in [1.165, 1.54) is 11.1 Å². The number of hydrogen-bond acceptors (Lipinski definition) is 6. The topological polar surface area (TPSA) is 123 Å². The minimum Gasteiger partial charge on any atom is -0.459 e. The van der Waals surface area contributed by atoms with Crippen molar-refractivity contribution in [2.75, 3.05) is 6.54 Å². The summed E-state index contributed by atoms with van der Waals surface area (Å²) < 4.78 is 11.3. The number of hydrogen-bond donors (Lipinski definition) is 3. The van der Waals surface area contributed by atoms with E-state index in [9.17, 15) is 19.2 Å². The molecule has 288 valence electrons. The van der Waals surface area contributed by atoms with Gasteiger partial charge in [0.1, 0.15) is 17.7 Å². The van der Waals surface area contributed by atoms with E-state index in [4.69, 9.17) is 15.9 Å². The predicted molar refractivity (Wildman–Crippen MR) is 221 cm³/mol. The number of halogens is 1. The molecule has 0 unspecified atom stereocenters. The highest BCUT2D eigenvalue weighted by atomic mass is 79.9. The van der Waals surface area contributed by atoms with Crippen LogP contribution in [0.5, 0.6) is 0 Å². The maximum atomic E-state index is 11.9. The van der Waals surface area contributed by atoms with Gasteiger partial charge in [0, 0.05) is 21.2 Å². The minimum atomic E-state index is -0.697. The number of hydrazine groups is 1. The average molecular weight is 809 g/mol. The summed E-state index contributed by atoms with van der Waals surface area (Å²) in [5.41, 5.74) is 10.1. The maximum absolute atomic E-state index is 11.9. The Morgan fingerprint density at radius 2 is 1.02 bits per heavy atom. The molecule has 0 heterocycles. The highest BCUT2D eigenvalue weighted by Crippen LogP contribution is 2.10. The van der Waals surface area contributed by atoms with Gasteiger partial charge in [-0.25, -0.2) is 10.2 Å². The molecule has 4 aromatic rings. The molecule has 9 nitrogen and oxygen atoms in total. The number of carbonyl (C=O) groups is 4. The summed E-state index contributed by atoms with van der Waals surface area (Å²) in [7, 11) is 0. The summed E-state index contributed by atoms with van der Waals surface area (Å²) in [6.45, 7) is 14.6. The Hall–Kier alpha value is -5.84. The minimum absolute atomic E-state index is 0.126. The SMILES string of the molecule is C#Cc1ccc(CC(=O)NCC(=O)OC(C)(C)C)cc1.Cc1ccc(Br)cc1.Cc1ccc(C#Cc2ccc(CC(=O)NNC(=O)OC(C)(C)C)cc2)cc1. The Morgan fingerprint density at radius 3 is 1.45 bits per heavy atom. The first-order valence-corrected chi connectivity index (χ1v) is 18.3. The Bertz CT molecular complexity index is 1940. The molecule has 0 aliphatic heterocycles. The van der Waals surface area contributed by atoms with Crippen LogP contribution in [-0.4, -0.2) is 41.6 Å². The number of benzene rings is 4. The van der Waals surface area contributed by atoms with Crippen molar-refractivity contribution in [2.24, 2.45) is 0 Å². The van der Waals surface area contributed by atoms with Crippen LogP contribution in [0.3, 0.4) is 0 Å². The lowest BCUT2D eigenvalue weighted by atomic mass is 10.1. The highest BCUT2D eigenvalue weighted by molar-refractivity contribution is 9.10. The number of ether oxygens (including phenoxy) is 2. The van der Waals surface area contributed by atoms with E-state index in [1.807, 2.05) is 67.6 Å². The zero-order valence-corrected chi connectivity index (χ0v) is 34.3. The second-order valence-electron chi connectivity index (χ2n) is 14.3. The van der Waals surface area contributed by atoms with E-state index in [0.717, 1.165) is 32.3 Å². The third-order valence-corrected chi connectivity index (χ3v) is 7.30. The van der Waals surface area contributed by atoms with Crippen molar-refractivity contribution < 1.29 is 28.7 Å². The number of amides is 3. The third-order valence-electron chi connectivity index (χ3n) is 6.77. The highest BCUT2D eigenvalue weighted by Gasteiger charge is 2.17. The van der Waals surface area contributed by atoms with Crippen LogP contribution in [-0.2, 0) is 36.7 Å². The van der Waals surface area contributed by atoms with Gasteiger partial charge in [0.05, 0.1) is 12.8 Å². The first-order valence-electron chi connectivity index (χ1n) is 17.5. The van der Waals surface area contributed by atoms with E-state index in [0.29, 0.717) is 0 Å². The lowest BCUT2D eigenvalue weighted by Crippen LogP contribution is -2.44. The van der Waals surface area contributed by atoms with Crippen molar-refractivity contribution in [1.82, 2.24) is 16.2 Å². The number of nitrogens with one attached hydrogen (secondary N) is 3. The summed E-state index contributed by atoms with van der Waals surface area (Å²) in [6.07, 6.45) is 4.90. The van der Waals surface area contributed by atoms with Crippen molar-refractivity contribution >= 4 is 39.8 Å².